The van der Waals surface area contributed by atoms with Gasteiger partial charge >= 0.3 is 6.09 Å². The van der Waals surface area contributed by atoms with Gasteiger partial charge in [-0.15, -0.1) is 0 Å². The number of aliphatic hydroxyl groups is 1. The monoisotopic (exact) mass is 350 g/mol. The van der Waals surface area contributed by atoms with Gasteiger partial charge in [0.05, 0.1) is 12.6 Å². The van der Waals surface area contributed by atoms with Crippen LogP contribution in [0.3, 0.4) is 0 Å². The molecule has 0 spiro atoms. The number of carbonyl (C=O) groups excluding carboxylic acids is 2. The zero-order chi connectivity index (χ0) is 19.3. The van der Waals surface area contributed by atoms with Crippen molar-refractivity contribution in [1.82, 2.24) is 10.6 Å². The highest BCUT2D eigenvalue weighted by Crippen LogP contribution is 2.21. The molecule has 2 amide bonds. The van der Waals surface area contributed by atoms with E-state index in [2.05, 4.69) is 10.6 Å². The zero-order valence-electron chi connectivity index (χ0n) is 15.9. The van der Waals surface area contributed by atoms with Gasteiger partial charge in [0.15, 0.2) is 0 Å². The van der Waals surface area contributed by atoms with E-state index < -0.39 is 29.7 Å². The van der Waals surface area contributed by atoms with Crippen molar-refractivity contribution in [1.29, 1.82) is 0 Å². The van der Waals surface area contributed by atoms with Gasteiger partial charge in [-0.05, 0) is 31.7 Å². The molecule has 2 atom stereocenters. The normalized spacial score (nSPS) is 14.4. The van der Waals surface area contributed by atoms with Crippen LogP contribution in [0.5, 0.6) is 0 Å². The van der Waals surface area contributed by atoms with Crippen molar-refractivity contribution in [3.8, 4) is 0 Å². The molecule has 3 N–H and O–H groups in total. The number of alkyl carbamates (subject to hydrolysis) is 1. The average Bonchev–Trinajstić information content (AvgIpc) is 2.48. The van der Waals surface area contributed by atoms with Crippen LogP contribution in [-0.4, -0.2) is 35.4 Å². The highest BCUT2D eigenvalue weighted by molar-refractivity contribution is 5.87. The van der Waals surface area contributed by atoms with Crippen LogP contribution in [0.4, 0.5) is 4.79 Å². The van der Waals surface area contributed by atoms with Crippen molar-refractivity contribution in [2.75, 3.05) is 6.61 Å². The van der Waals surface area contributed by atoms with Crippen molar-refractivity contribution >= 4 is 12.0 Å². The number of hydrogen-bond acceptors (Lipinski definition) is 4. The van der Waals surface area contributed by atoms with E-state index in [-0.39, 0.29) is 12.0 Å². The molecular weight excluding hydrogens is 320 g/mol. The van der Waals surface area contributed by atoms with Gasteiger partial charge in [-0.25, -0.2) is 4.79 Å². The molecule has 0 aliphatic rings. The lowest BCUT2D eigenvalue weighted by Gasteiger charge is -2.31. The minimum absolute atomic E-state index is 0.191. The largest absolute Gasteiger partial charge is 0.444 e. The quantitative estimate of drug-likeness (QED) is 0.762. The molecule has 1 rings (SSSR count). The SMILES string of the molecule is CC(C)(C)OC(=O)N[C@H](C(=O)N[C@H](CO)C(C)(C)C)c1ccccc1. The number of hydrogen-bond donors (Lipinski definition) is 3. The van der Waals surface area contributed by atoms with Gasteiger partial charge in [0.1, 0.15) is 11.6 Å². The van der Waals surface area contributed by atoms with Gasteiger partial charge in [0.25, 0.3) is 0 Å². The molecule has 1 aromatic rings. The molecular formula is C19H30N2O4. The minimum Gasteiger partial charge on any atom is -0.444 e. The first kappa shape index (κ1) is 21.0. The van der Waals surface area contributed by atoms with Crippen molar-refractivity contribution in [3.63, 3.8) is 0 Å². The maximum absolute atomic E-state index is 12.8. The Morgan fingerprint density at radius 2 is 1.60 bits per heavy atom. The zero-order valence-corrected chi connectivity index (χ0v) is 15.9. The Kier molecular flexibility index (Phi) is 6.99. The van der Waals surface area contributed by atoms with Crippen LogP contribution in [-0.2, 0) is 9.53 Å². The van der Waals surface area contributed by atoms with Crippen molar-refractivity contribution in [3.05, 3.63) is 35.9 Å². The third kappa shape index (κ3) is 7.13. The number of carbonyl (C=O) groups is 2. The molecule has 140 valence electrons. The summed E-state index contributed by atoms with van der Waals surface area (Å²) in [5.41, 5.74) is -0.352. The van der Waals surface area contributed by atoms with E-state index in [9.17, 15) is 14.7 Å². The van der Waals surface area contributed by atoms with Crippen LogP contribution in [0.1, 0.15) is 53.1 Å². The van der Waals surface area contributed by atoms with Gasteiger partial charge in [0, 0.05) is 0 Å². The van der Waals surface area contributed by atoms with Gasteiger partial charge in [0.2, 0.25) is 5.91 Å². The third-order valence-corrected chi connectivity index (χ3v) is 3.60. The standard InChI is InChI=1S/C19H30N2O4/c1-18(2,3)14(12-22)20-16(23)15(13-10-8-7-9-11-13)21-17(24)25-19(4,5)6/h7-11,14-15,22H,12H2,1-6H3,(H,20,23)(H,21,24)/t14-,15+/m1/s1. The second kappa shape index (κ2) is 8.34. The molecule has 0 fully saturated rings. The van der Waals surface area contributed by atoms with E-state index in [1.54, 1.807) is 45.0 Å². The number of rotatable bonds is 5. The first-order valence-corrected chi connectivity index (χ1v) is 8.40. The van der Waals surface area contributed by atoms with Gasteiger partial charge in [-0.3, -0.25) is 4.79 Å². The first-order chi connectivity index (χ1) is 11.4. The summed E-state index contributed by atoms with van der Waals surface area (Å²) in [4.78, 5) is 24.9. The van der Waals surface area contributed by atoms with E-state index >= 15 is 0 Å². The molecule has 6 nitrogen and oxygen atoms in total. The fourth-order valence-electron chi connectivity index (χ4n) is 2.16. The molecule has 0 aliphatic carbocycles. The molecule has 0 radical (unpaired) electrons. The van der Waals surface area contributed by atoms with Gasteiger partial charge in [-0.1, -0.05) is 51.1 Å². The van der Waals surface area contributed by atoms with Crippen LogP contribution < -0.4 is 10.6 Å². The molecule has 0 aromatic heterocycles. The summed E-state index contributed by atoms with van der Waals surface area (Å²) in [6, 6.07) is 7.58. The van der Waals surface area contributed by atoms with Gasteiger partial charge < -0.3 is 20.5 Å². The molecule has 0 aliphatic heterocycles. The summed E-state index contributed by atoms with van der Waals surface area (Å²) in [5, 5.41) is 15.0. The van der Waals surface area contributed by atoms with E-state index in [0.29, 0.717) is 5.56 Å². The number of aliphatic hydroxyl groups excluding tert-OH is 1. The molecule has 0 heterocycles. The summed E-state index contributed by atoms with van der Waals surface area (Å²) < 4.78 is 5.26. The fraction of sp³-hybridized carbons (Fsp3) is 0.579. The van der Waals surface area contributed by atoms with Crippen LogP contribution in [0, 0.1) is 5.41 Å². The van der Waals surface area contributed by atoms with E-state index in [4.69, 9.17) is 4.74 Å². The first-order valence-electron chi connectivity index (χ1n) is 8.40. The predicted molar refractivity (Wildman–Crippen MR) is 97.0 cm³/mol. The minimum atomic E-state index is -0.910. The molecule has 0 saturated heterocycles. The summed E-state index contributed by atoms with van der Waals surface area (Å²) in [6.07, 6.45) is -0.673. The Balaban J connectivity index is 2.99. The topological polar surface area (TPSA) is 87.7 Å². The second-order valence-electron chi connectivity index (χ2n) is 8.10. The molecule has 0 saturated carbocycles. The Hall–Kier alpha value is -2.08. The van der Waals surface area contributed by atoms with Crippen molar-refractivity contribution in [2.24, 2.45) is 5.41 Å². The molecule has 0 bridgehead atoms. The Labute approximate surface area is 150 Å². The summed E-state index contributed by atoms with van der Waals surface area (Å²) in [6.45, 7) is 10.8. The summed E-state index contributed by atoms with van der Waals surface area (Å²) in [5.74, 6) is -0.397. The van der Waals surface area contributed by atoms with E-state index in [1.807, 2.05) is 26.8 Å². The maximum atomic E-state index is 12.8. The predicted octanol–water partition coefficient (Wildman–Crippen LogP) is 2.78. The summed E-state index contributed by atoms with van der Waals surface area (Å²) in [7, 11) is 0. The number of benzene rings is 1. The maximum Gasteiger partial charge on any atom is 0.408 e. The van der Waals surface area contributed by atoms with E-state index in [1.165, 1.54) is 0 Å². The third-order valence-electron chi connectivity index (χ3n) is 3.60. The van der Waals surface area contributed by atoms with Crippen LogP contribution in [0.15, 0.2) is 30.3 Å². The Morgan fingerprint density at radius 1 is 1.04 bits per heavy atom. The Bertz CT molecular complexity index is 573. The number of nitrogens with one attached hydrogen (secondary N) is 2. The summed E-state index contributed by atoms with van der Waals surface area (Å²) >= 11 is 0. The lowest BCUT2D eigenvalue weighted by atomic mass is 9.87. The smallest absolute Gasteiger partial charge is 0.408 e. The number of amides is 2. The van der Waals surface area contributed by atoms with Crippen molar-refractivity contribution in [2.45, 2.75) is 59.2 Å². The molecule has 6 heteroatoms. The van der Waals surface area contributed by atoms with Crippen molar-refractivity contribution < 1.29 is 19.4 Å². The lowest BCUT2D eigenvalue weighted by Crippen LogP contribution is -2.51. The fourth-order valence-corrected chi connectivity index (χ4v) is 2.16. The molecule has 25 heavy (non-hydrogen) atoms. The molecule has 1 aromatic carbocycles. The van der Waals surface area contributed by atoms with Gasteiger partial charge in [-0.2, -0.15) is 0 Å². The average molecular weight is 350 g/mol. The van der Waals surface area contributed by atoms with E-state index in [0.717, 1.165) is 0 Å². The second-order valence-corrected chi connectivity index (χ2v) is 8.10. The lowest BCUT2D eigenvalue weighted by molar-refractivity contribution is -0.125. The number of ether oxygens (including phenoxy) is 1. The highest BCUT2D eigenvalue weighted by Gasteiger charge is 2.31. The van der Waals surface area contributed by atoms with Crippen LogP contribution >= 0.6 is 0 Å². The molecule has 0 unspecified atom stereocenters. The highest BCUT2D eigenvalue weighted by atomic mass is 16.6. The Morgan fingerprint density at radius 3 is 2.04 bits per heavy atom. The van der Waals surface area contributed by atoms with Crippen LogP contribution in [0.25, 0.3) is 0 Å². The van der Waals surface area contributed by atoms with Crippen LogP contribution in [0.2, 0.25) is 0 Å².